The highest BCUT2D eigenvalue weighted by atomic mass is 16.1. The predicted octanol–water partition coefficient (Wildman–Crippen LogP) is 6.30. The van der Waals surface area contributed by atoms with Crippen LogP contribution < -0.4 is 16.2 Å². The van der Waals surface area contributed by atoms with Crippen LogP contribution in [0.4, 0.5) is 5.82 Å². The third kappa shape index (κ3) is 6.04. The monoisotopic (exact) mass is 589 g/mol. The van der Waals surface area contributed by atoms with Crippen molar-refractivity contribution in [3.8, 4) is 11.6 Å². The van der Waals surface area contributed by atoms with E-state index < -0.39 is 6.04 Å². The number of hydrogen-bond donors (Lipinski definition) is 2. The Bertz CT molecular complexity index is 1900. The molecule has 1 atom stereocenters. The van der Waals surface area contributed by atoms with Crippen molar-refractivity contribution in [3.05, 3.63) is 111 Å². The lowest BCUT2D eigenvalue weighted by molar-refractivity contribution is -0.116. The summed E-state index contributed by atoms with van der Waals surface area (Å²) in [6.45, 7) is 13.7. The normalized spacial score (nSPS) is 12.3. The Morgan fingerprint density at radius 1 is 0.886 bits per heavy atom. The van der Waals surface area contributed by atoms with Crippen LogP contribution in [0.25, 0.3) is 28.6 Å². The number of rotatable bonds is 9. The molecule has 1 amide bonds. The SMILES string of the molecule is CCC(Nc1nc(-n2c(C)ccc2C)nc(C)c1C=CC(=O)NC(C)C)c1nc2cccc(C)c2c(=O)n1-c1ccccc1. The minimum atomic E-state index is -0.404. The van der Waals surface area contributed by atoms with E-state index >= 15 is 0 Å². The molecule has 0 aliphatic heterocycles. The maximum atomic E-state index is 14.1. The van der Waals surface area contributed by atoms with E-state index in [0.29, 0.717) is 46.2 Å². The number of aryl methyl sites for hydroxylation is 4. The summed E-state index contributed by atoms with van der Waals surface area (Å²) in [5.74, 6) is 1.42. The van der Waals surface area contributed by atoms with Crippen molar-refractivity contribution in [3.63, 3.8) is 0 Å². The topological polar surface area (TPSA) is 107 Å². The molecular formula is C35H39N7O2. The van der Waals surface area contributed by atoms with Crippen molar-refractivity contribution in [2.45, 2.75) is 67.0 Å². The number of anilines is 1. The Balaban J connectivity index is 1.71. The summed E-state index contributed by atoms with van der Waals surface area (Å²) in [6.07, 6.45) is 3.84. The van der Waals surface area contributed by atoms with Gasteiger partial charge in [0, 0.05) is 29.1 Å². The molecule has 3 aromatic heterocycles. The summed E-state index contributed by atoms with van der Waals surface area (Å²) >= 11 is 0. The van der Waals surface area contributed by atoms with Gasteiger partial charge in [-0.25, -0.2) is 9.97 Å². The molecule has 44 heavy (non-hydrogen) atoms. The zero-order chi connectivity index (χ0) is 31.5. The molecule has 2 aromatic carbocycles. The summed E-state index contributed by atoms with van der Waals surface area (Å²) in [5, 5.41) is 7.09. The van der Waals surface area contributed by atoms with Gasteiger partial charge >= 0.3 is 0 Å². The molecule has 0 saturated heterocycles. The lowest BCUT2D eigenvalue weighted by atomic mass is 10.1. The van der Waals surface area contributed by atoms with Crippen LogP contribution in [0.1, 0.15) is 67.3 Å². The minimum Gasteiger partial charge on any atom is -0.359 e. The van der Waals surface area contributed by atoms with Crippen LogP contribution in [-0.4, -0.2) is 36.0 Å². The van der Waals surface area contributed by atoms with Crippen molar-refractivity contribution in [1.29, 1.82) is 0 Å². The van der Waals surface area contributed by atoms with Crippen LogP contribution in [0.2, 0.25) is 0 Å². The molecule has 0 spiro atoms. The maximum Gasteiger partial charge on any atom is 0.266 e. The predicted molar refractivity (Wildman–Crippen MR) is 177 cm³/mol. The molecule has 226 valence electrons. The van der Waals surface area contributed by atoms with Gasteiger partial charge in [0.1, 0.15) is 11.6 Å². The lowest BCUT2D eigenvalue weighted by Gasteiger charge is -2.24. The van der Waals surface area contributed by atoms with Crippen molar-refractivity contribution < 1.29 is 4.79 Å². The molecular weight excluding hydrogens is 550 g/mol. The van der Waals surface area contributed by atoms with E-state index in [1.165, 1.54) is 6.08 Å². The number of fused-ring (bicyclic) bond motifs is 1. The smallest absolute Gasteiger partial charge is 0.266 e. The molecule has 9 nitrogen and oxygen atoms in total. The first-order valence-corrected chi connectivity index (χ1v) is 15.0. The summed E-state index contributed by atoms with van der Waals surface area (Å²) in [5.41, 5.74) is 5.51. The Hall–Kier alpha value is -5.05. The average molecular weight is 590 g/mol. The first kappa shape index (κ1) is 30.4. The first-order chi connectivity index (χ1) is 21.1. The van der Waals surface area contributed by atoms with Gasteiger partial charge in [0.25, 0.3) is 5.56 Å². The number of nitrogens with zero attached hydrogens (tertiary/aromatic N) is 5. The third-order valence-electron chi connectivity index (χ3n) is 7.60. The fraction of sp³-hybridized carbons (Fsp3) is 0.286. The second-order valence-electron chi connectivity index (χ2n) is 11.3. The van der Waals surface area contributed by atoms with E-state index in [-0.39, 0.29) is 17.5 Å². The zero-order valence-corrected chi connectivity index (χ0v) is 26.3. The highest BCUT2D eigenvalue weighted by Gasteiger charge is 2.23. The standard InChI is InChI=1S/C35H39N7O2/c1-8-28(33-39-29-16-12-13-22(4)31(29)34(44)42(33)26-14-10-9-11-15-26)38-32-27(19-20-30(43)36-21(2)3)25(7)37-35(40-32)41-23(5)17-18-24(41)6/h9-21,28H,8H2,1-7H3,(H,36,43)(H,37,38,40). The molecule has 0 radical (unpaired) electrons. The number of aromatic nitrogens is 5. The van der Waals surface area contributed by atoms with Gasteiger partial charge in [0.15, 0.2) is 0 Å². The van der Waals surface area contributed by atoms with E-state index in [4.69, 9.17) is 15.0 Å². The van der Waals surface area contributed by atoms with E-state index in [2.05, 4.69) is 10.6 Å². The van der Waals surface area contributed by atoms with E-state index in [1.54, 1.807) is 10.6 Å². The molecule has 0 bridgehead atoms. The number of amides is 1. The van der Waals surface area contributed by atoms with Gasteiger partial charge in [-0.3, -0.25) is 18.7 Å². The second kappa shape index (κ2) is 12.7. The second-order valence-corrected chi connectivity index (χ2v) is 11.3. The highest BCUT2D eigenvalue weighted by molar-refractivity contribution is 5.92. The Morgan fingerprint density at radius 2 is 1.59 bits per heavy atom. The number of benzene rings is 2. The molecule has 5 aromatic rings. The molecule has 0 fully saturated rings. The van der Waals surface area contributed by atoms with Gasteiger partial charge in [-0.1, -0.05) is 37.3 Å². The van der Waals surface area contributed by atoms with E-state index in [9.17, 15) is 9.59 Å². The van der Waals surface area contributed by atoms with Crippen LogP contribution in [0, 0.1) is 27.7 Å². The summed E-state index contributed by atoms with van der Waals surface area (Å²) < 4.78 is 3.69. The molecule has 1 unspecified atom stereocenters. The lowest BCUT2D eigenvalue weighted by Crippen LogP contribution is -2.29. The number of nitrogens with one attached hydrogen (secondary N) is 2. The number of carbonyl (C=O) groups is 1. The van der Waals surface area contributed by atoms with E-state index in [1.807, 2.05) is 114 Å². The van der Waals surface area contributed by atoms with Gasteiger partial charge in [0.2, 0.25) is 11.9 Å². The molecule has 0 aliphatic carbocycles. The van der Waals surface area contributed by atoms with Crippen molar-refractivity contribution in [2.75, 3.05) is 5.32 Å². The first-order valence-electron chi connectivity index (χ1n) is 15.0. The molecule has 5 rings (SSSR count). The van der Waals surface area contributed by atoms with Crippen molar-refractivity contribution in [2.24, 2.45) is 0 Å². The van der Waals surface area contributed by atoms with Crippen LogP contribution in [0.3, 0.4) is 0 Å². The summed E-state index contributed by atoms with van der Waals surface area (Å²) in [4.78, 5) is 41.6. The highest BCUT2D eigenvalue weighted by Crippen LogP contribution is 2.29. The fourth-order valence-electron chi connectivity index (χ4n) is 5.44. The Morgan fingerprint density at radius 3 is 2.25 bits per heavy atom. The number of para-hydroxylation sites is 1. The fourth-order valence-corrected chi connectivity index (χ4v) is 5.44. The quantitative estimate of drug-likeness (QED) is 0.196. The largest absolute Gasteiger partial charge is 0.359 e. The molecule has 0 aliphatic rings. The third-order valence-corrected chi connectivity index (χ3v) is 7.60. The Kier molecular flexibility index (Phi) is 8.76. The molecule has 0 saturated carbocycles. The van der Waals surface area contributed by atoms with Crippen LogP contribution in [0.5, 0.6) is 0 Å². The van der Waals surface area contributed by atoms with Crippen LogP contribution in [0.15, 0.2) is 71.5 Å². The van der Waals surface area contributed by atoms with Gasteiger partial charge in [0.05, 0.1) is 28.3 Å². The van der Waals surface area contributed by atoms with E-state index in [0.717, 1.165) is 22.6 Å². The van der Waals surface area contributed by atoms with Crippen LogP contribution in [-0.2, 0) is 4.79 Å². The van der Waals surface area contributed by atoms with Gasteiger partial charge in [-0.05, 0) is 89.9 Å². The average Bonchev–Trinajstić information content (AvgIpc) is 3.32. The van der Waals surface area contributed by atoms with Crippen molar-refractivity contribution >= 4 is 28.7 Å². The Labute approximate surface area is 257 Å². The zero-order valence-electron chi connectivity index (χ0n) is 26.3. The maximum absolute atomic E-state index is 14.1. The van der Waals surface area contributed by atoms with Gasteiger partial charge < -0.3 is 10.6 Å². The molecule has 9 heteroatoms. The number of carbonyl (C=O) groups excluding carboxylic acids is 1. The summed E-state index contributed by atoms with van der Waals surface area (Å²) in [6, 6.07) is 19.0. The minimum absolute atomic E-state index is 0.00552. The van der Waals surface area contributed by atoms with Gasteiger partial charge in [-0.15, -0.1) is 0 Å². The van der Waals surface area contributed by atoms with Crippen LogP contribution >= 0.6 is 0 Å². The number of hydrogen-bond acceptors (Lipinski definition) is 6. The molecule has 3 heterocycles. The molecule has 2 N–H and O–H groups in total. The van der Waals surface area contributed by atoms with Crippen molar-refractivity contribution in [1.82, 2.24) is 29.4 Å². The van der Waals surface area contributed by atoms with Gasteiger partial charge in [-0.2, -0.15) is 4.98 Å². The summed E-state index contributed by atoms with van der Waals surface area (Å²) in [7, 11) is 0.